The first kappa shape index (κ1) is 40.0. The summed E-state index contributed by atoms with van der Waals surface area (Å²) in [6.07, 6.45) is -1.54. The first-order valence-electron chi connectivity index (χ1n) is 20.2. The number of allylic oxidation sites excluding steroid dienone is 2. The topological polar surface area (TPSA) is 196 Å². The maximum absolute atomic E-state index is 14.5. The zero-order valence-electron chi connectivity index (χ0n) is 32.7. The van der Waals surface area contributed by atoms with Crippen LogP contribution < -0.4 is 0 Å². The molecule has 2 heterocycles. The molecule has 12 nitrogen and oxygen atoms in total. The van der Waals surface area contributed by atoms with E-state index in [1.807, 2.05) is 0 Å². The summed E-state index contributed by atoms with van der Waals surface area (Å²) in [5, 5.41) is 72.3. The van der Waals surface area contributed by atoms with Gasteiger partial charge in [-0.2, -0.15) is 0 Å². The molecule has 17 atom stereocenters. The van der Waals surface area contributed by atoms with Gasteiger partial charge in [0.15, 0.2) is 6.29 Å². The highest BCUT2D eigenvalue weighted by Crippen LogP contribution is 2.76. The number of rotatable bonds is 5. The van der Waals surface area contributed by atoms with Crippen LogP contribution >= 0.6 is 0 Å². The number of aliphatic hydroxyl groups is 7. The first-order chi connectivity index (χ1) is 24.7. The van der Waals surface area contributed by atoms with E-state index in [1.165, 1.54) is 5.57 Å². The zero-order valence-corrected chi connectivity index (χ0v) is 32.7. The fraction of sp³-hybridized carbons (Fsp3) is 0.927. The molecule has 2 saturated heterocycles. The molecule has 0 spiro atoms. The highest BCUT2D eigenvalue weighted by atomic mass is 16.7. The molecule has 17 unspecified atom stereocenters. The molecule has 53 heavy (non-hydrogen) atoms. The van der Waals surface area contributed by atoms with Crippen LogP contribution in [-0.4, -0.2) is 116 Å². The second kappa shape index (κ2) is 13.5. The van der Waals surface area contributed by atoms with Crippen molar-refractivity contribution in [2.75, 3.05) is 13.2 Å². The van der Waals surface area contributed by atoms with Crippen LogP contribution in [0.3, 0.4) is 0 Å². The van der Waals surface area contributed by atoms with Gasteiger partial charge in [0.1, 0.15) is 42.7 Å². The van der Waals surface area contributed by atoms with Crippen LogP contribution in [0.25, 0.3) is 0 Å². The summed E-state index contributed by atoms with van der Waals surface area (Å²) in [5.74, 6) is 0.220. The third-order valence-corrected chi connectivity index (χ3v) is 16.8. The van der Waals surface area contributed by atoms with E-state index in [-0.39, 0.29) is 45.7 Å². The third kappa shape index (κ3) is 5.94. The fourth-order valence-corrected chi connectivity index (χ4v) is 13.3. The Labute approximate surface area is 314 Å². The van der Waals surface area contributed by atoms with Gasteiger partial charge in [-0.3, -0.25) is 4.79 Å². The normalized spacial score (nSPS) is 53.2. The first-order valence-corrected chi connectivity index (χ1v) is 20.2. The predicted molar refractivity (Wildman–Crippen MR) is 192 cm³/mol. The molecule has 0 radical (unpaired) electrons. The summed E-state index contributed by atoms with van der Waals surface area (Å²) < 4.78 is 23.8. The minimum atomic E-state index is -1.64. The molecule has 6 fully saturated rings. The van der Waals surface area contributed by atoms with Crippen molar-refractivity contribution in [3.05, 3.63) is 11.6 Å². The Bertz CT molecular complexity index is 1430. The minimum Gasteiger partial charge on any atom is -0.432 e. The van der Waals surface area contributed by atoms with Crippen LogP contribution in [0.1, 0.15) is 113 Å². The molecule has 0 bridgehead atoms. The highest BCUT2D eigenvalue weighted by molar-refractivity contribution is 5.79. The fourth-order valence-electron chi connectivity index (χ4n) is 13.3. The van der Waals surface area contributed by atoms with Crippen LogP contribution in [0.5, 0.6) is 0 Å². The second-order valence-electron chi connectivity index (χ2n) is 20.2. The number of carbonyl (C=O) groups is 1. The second-order valence-corrected chi connectivity index (χ2v) is 20.2. The molecule has 0 amide bonds. The van der Waals surface area contributed by atoms with Crippen LogP contribution in [0.4, 0.5) is 0 Å². The lowest BCUT2D eigenvalue weighted by molar-refractivity contribution is -0.308. The Kier molecular flexibility index (Phi) is 10.2. The highest BCUT2D eigenvalue weighted by Gasteiger charge is 2.70. The van der Waals surface area contributed by atoms with E-state index in [1.54, 1.807) is 0 Å². The van der Waals surface area contributed by atoms with Gasteiger partial charge in [-0.15, -0.1) is 0 Å². The molecular formula is C41H66O12. The van der Waals surface area contributed by atoms with Gasteiger partial charge < -0.3 is 54.7 Å². The molecule has 0 aromatic carbocycles. The molecule has 0 aromatic heterocycles. The molecule has 7 N–H and O–H groups in total. The molecule has 2 aliphatic heterocycles. The summed E-state index contributed by atoms with van der Waals surface area (Å²) in [5.41, 5.74) is 0.0931. The Morgan fingerprint density at radius 2 is 1.47 bits per heavy atom. The number of carbonyl (C=O) groups excluding carboxylic acids is 1. The standard InChI is InChI=1S/C41H66O12/c1-36(2)14-16-41(35(49)53-34-32(48)30(46)29(45)24(19-42)51-34)17-15-39(6)21(22(41)18-36)8-9-26-38(5)12-11-27(37(3,4)25(38)10-13-40(26,39)7)52-33-31(47)28(44)23(43)20-50-33/h8,22-34,42-48H,9-20H2,1-7H3. The quantitative estimate of drug-likeness (QED) is 0.124. The van der Waals surface area contributed by atoms with E-state index in [0.29, 0.717) is 24.7 Å². The summed E-state index contributed by atoms with van der Waals surface area (Å²) in [6.45, 7) is 15.8. The zero-order chi connectivity index (χ0) is 38.7. The number of hydrogen-bond donors (Lipinski definition) is 7. The Balaban J connectivity index is 1.16. The maximum Gasteiger partial charge on any atom is 0.315 e. The Morgan fingerprint density at radius 3 is 2.17 bits per heavy atom. The van der Waals surface area contributed by atoms with Crippen LogP contribution in [0, 0.1) is 50.2 Å². The number of ether oxygens (including phenoxy) is 4. The summed E-state index contributed by atoms with van der Waals surface area (Å²) in [7, 11) is 0. The minimum absolute atomic E-state index is 0.00420. The van der Waals surface area contributed by atoms with Gasteiger partial charge >= 0.3 is 5.97 Å². The lowest BCUT2D eigenvalue weighted by Gasteiger charge is -2.71. The lowest BCUT2D eigenvalue weighted by Crippen LogP contribution is -2.66. The molecule has 7 aliphatic rings. The summed E-state index contributed by atoms with van der Waals surface area (Å²) in [6, 6.07) is 0. The average Bonchev–Trinajstić information content (AvgIpc) is 3.09. The molecule has 4 saturated carbocycles. The molecule has 7 rings (SSSR count). The van der Waals surface area contributed by atoms with Crippen molar-refractivity contribution in [1.82, 2.24) is 0 Å². The van der Waals surface area contributed by atoms with E-state index in [2.05, 4.69) is 54.5 Å². The smallest absolute Gasteiger partial charge is 0.315 e. The monoisotopic (exact) mass is 750 g/mol. The third-order valence-electron chi connectivity index (χ3n) is 16.8. The molecule has 0 aromatic rings. The lowest BCUT2D eigenvalue weighted by atomic mass is 9.33. The van der Waals surface area contributed by atoms with Gasteiger partial charge in [-0.25, -0.2) is 0 Å². The van der Waals surface area contributed by atoms with Gasteiger partial charge in [0.05, 0.1) is 24.7 Å². The molecule has 302 valence electrons. The Morgan fingerprint density at radius 1 is 0.792 bits per heavy atom. The van der Waals surface area contributed by atoms with Gasteiger partial charge in [-0.05, 0) is 109 Å². The largest absolute Gasteiger partial charge is 0.432 e. The van der Waals surface area contributed by atoms with E-state index < -0.39 is 73.3 Å². The van der Waals surface area contributed by atoms with E-state index in [4.69, 9.17) is 18.9 Å². The number of esters is 1. The van der Waals surface area contributed by atoms with Crippen molar-refractivity contribution in [3.63, 3.8) is 0 Å². The number of fused-ring (bicyclic) bond motifs is 7. The molecule has 12 heteroatoms. The SMILES string of the molecule is CC1(C)CCC2(C(=O)OC3OC(CO)C(O)C(O)C3O)CCC3(C)C(=CCC4C5(C)CCC(OC6OCC(O)C(O)C6O)C(C)(C)C5CCC43C)C2C1. The number of hydrogen-bond acceptors (Lipinski definition) is 12. The van der Waals surface area contributed by atoms with Gasteiger partial charge in [0.25, 0.3) is 0 Å². The van der Waals surface area contributed by atoms with Gasteiger partial charge in [-0.1, -0.05) is 60.1 Å². The van der Waals surface area contributed by atoms with Gasteiger partial charge in [0, 0.05) is 0 Å². The van der Waals surface area contributed by atoms with Crippen molar-refractivity contribution in [1.29, 1.82) is 0 Å². The van der Waals surface area contributed by atoms with Crippen molar-refractivity contribution < 1.29 is 59.5 Å². The summed E-state index contributed by atoms with van der Waals surface area (Å²) >= 11 is 0. The maximum atomic E-state index is 14.5. The van der Waals surface area contributed by atoms with E-state index >= 15 is 0 Å². The van der Waals surface area contributed by atoms with Crippen molar-refractivity contribution in [3.8, 4) is 0 Å². The van der Waals surface area contributed by atoms with Crippen LogP contribution in [0.2, 0.25) is 0 Å². The number of aliphatic hydroxyl groups excluding tert-OH is 7. The molecule has 5 aliphatic carbocycles. The van der Waals surface area contributed by atoms with E-state index in [9.17, 15) is 40.5 Å². The van der Waals surface area contributed by atoms with Crippen molar-refractivity contribution in [2.24, 2.45) is 50.2 Å². The van der Waals surface area contributed by atoms with Crippen LogP contribution in [0.15, 0.2) is 11.6 Å². The van der Waals surface area contributed by atoms with Gasteiger partial charge in [0.2, 0.25) is 6.29 Å². The predicted octanol–water partition coefficient (Wildman–Crippen LogP) is 2.96. The van der Waals surface area contributed by atoms with Crippen molar-refractivity contribution in [2.45, 2.75) is 174 Å². The van der Waals surface area contributed by atoms with Crippen molar-refractivity contribution >= 4 is 5.97 Å². The Hall–Kier alpha value is -1.19. The summed E-state index contributed by atoms with van der Waals surface area (Å²) in [4.78, 5) is 14.5. The average molecular weight is 751 g/mol. The molecular weight excluding hydrogens is 684 g/mol. The van der Waals surface area contributed by atoms with E-state index in [0.717, 1.165) is 51.4 Å². The van der Waals surface area contributed by atoms with Crippen LogP contribution in [-0.2, 0) is 23.7 Å².